The zero-order valence-corrected chi connectivity index (χ0v) is 21.3. The molecule has 3 aliphatic rings. The predicted molar refractivity (Wildman–Crippen MR) is 126 cm³/mol. The van der Waals surface area contributed by atoms with Crippen LogP contribution in [0.25, 0.3) is 0 Å². The van der Waals surface area contributed by atoms with E-state index in [1.54, 1.807) is 0 Å². The first-order valence-electron chi connectivity index (χ1n) is 12.2. The lowest BCUT2D eigenvalue weighted by molar-refractivity contribution is -0.140. The Labute approximate surface area is 220 Å². The molecule has 2 saturated carbocycles. The second-order valence-corrected chi connectivity index (χ2v) is 12.4. The second-order valence-electron chi connectivity index (χ2n) is 10.4. The van der Waals surface area contributed by atoms with E-state index < -0.39 is 68.6 Å². The first-order chi connectivity index (χ1) is 18.1. The summed E-state index contributed by atoms with van der Waals surface area (Å²) in [4.78, 5) is 39.7. The lowest BCUT2D eigenvalue weighted by atomic mass is 9.75. The van der Waals surface area contributed by atoms with Gasteiger partial charge in [-0.05, 0) is 55.0 Å². The average Bonchev–Trinajstić information content (AvgIpc) is 3.49. The van der Waals surface area contributed by atoms with Crippen LogP contribution in [0.4, 0.5) is 22.0 Å². The Morgan fingerprint density at radius 2 is 1.74 bits per heavy atom. The van der Waals surface area contributed by atoms with E-state index in [4.69, 9.17) is 0 Å². The molecule has 1 unspecified atom stereocenters. The third-order valence-electron chi connectivity index (χ3n) is 7.63. The third-order valence-corrected chi connectivity index (χ3v) is 8.74. The fraction of sp³-hybridized carbons (Fsp3) is 0.423. The van der Waals surface area contributed by atoms with Crippen molar-refractivity contribution in [3.8, 4) is 0 Å². The molecule has 39 heavy (non-hydrogen) atoms. The van der Waals surface area contributed by atoms with E-state index in [0.717, 1.165) is 6.26 Å². The third kappa shape index (κ3) is 5.15. The summed E-state index contributed by atoms with van der Waals surface area (Å²) in [5, 5.41) is 2.57. The van der Waals surface area contributed by atoms with Gasteiger partial charge in [0.2, 0.25) is 5.91 Å². The van der Waals surface area contributed by atoms with Crippen LogP contribution in [-0.4, -0.2) is 49.3 Å². The number of piperidine rings is 1. The standard InChI is InChI=1S/C26H23F5N2O5S/c1-39(37,38)16-4-2-3-12(7-16)25(36)33-21-8-13(21)9-22(33)24(35)32-23(14-5-15(34)6-14)17-10-20(28)18(11-19(17)27)26(29,30)31/h2-4,7,10-11,13-14,21-23H,5-6,8-9H2,1H3,(H,32,35)/t13?,21-,22-,23-/m1/s1. The summed E-state index contributed by atoms with van der Waals surface area (Å²) in [6, 6.07) is 3.21. The highest BCUT2D eigenvalue weighted by Crippen LogP contribution is 2.49. The molecule has 0 radical (unpaired) electrons. The van der Waals surface area contributed by atoms with Crippen LogP contribution in [0, 0.1) is 23.5 Å². The number of likely N-dealkylation sites (tertiary alicyclic amines) is 1. The molecule has 1 aliphatic heterocycles. The first-order valence-corrected chi connectivity index (χ1v) is 14.0. The number of nitrogens with one attached hydrogen (secondary N) is 1. The van der Waals surface area contributed by atoms with Crippen molar-refractivity contribution in [2.24, 2.45) is 11.8 Å². The van der Waals surface area contributed by atoms with Gasteiger partial charge in [0.1, 0.15) is 23.5 Å². The zero-order chi connectivity index (χ0) is 28.4. The number of amides is 2. The molecule has 0 aromatic heterocycles. The SMILES string of the molecule is CS(=O)(=O)c1cccc(C(=O)N2[C@@H](C(=O)N[C@@H](c3cc(F)c(C(F)(F)F)cc3F)C3CC(=O)C3)CC3C[C@H]32)c1. The van der Waals surface area contributed by atoms with Crippen LogP contribution in [0.3, 0.4) is 0 Å². The number of fused-ring (bicyclic) bond motifs is 1. The van der Waals surface area contributed by atoms with Crippen LogP contribution in [0.15, 0.2) is 41.3 Å². The summed E-state index contributed by atoms with van der Waals surface area (Å²) in [5.74, 6) is -5.24. The van der Waals surface area contributed by atoms with Gasteiger partial charge < -0.3 is 10.2 Å². The summed E-state index contributed by atoms with van der Waals surface area (Å²) < 4.78 is 92.3. The Morgan fingerprint density at radius 1 is 1.05 bits per heavy atom. The number of Topliss-reactive ketones (excluding diaryl/α,β-unsaturated/α-hetero) is 1. The highest BCUT2D eigenvalue weighted by atomic mass is 32.2. The topological polar surface area (TPSA) is 101 Å². The molecular formula is C26H23F5N2O5S. The van der Waals surface area contributed by atoms with Crippen molar-refractivity contribution in [2.45, 2.75) is 54.9 Å². The molecule has 7 nitrogen and oxygen atoms in total. The minimum atomic E-state index is -5.13. The second kappa shape index (κ2) is 9.39. The average molecular weight is 571 g/mol. The zero-order valence-electron chi connectivity index (χ0n) is 20.5. The van der Waals surface area contributed by atoms with Crippen molar-refractivity contribution in [3.05, 3.63) is 64.7 Å². The maximum atomic E-state index is 14.9. The molecular weight excluding hydrogens is 547 g/mol. The minimum absolute atomic E-state index is 0.0202. The maximum Gasteiger partial charge on any atom is 0.419 e. The molecule has 2 aromatic carbocycles. The summed E-state index contributed by atoms with van der Waals surface area (Å²) in [6.45, 7) is 0. The van der Waals surface area contributed by atoms with Gasteiger partial charge in [0.25, 0.3) is 5.91 Å². The minimum Gasteiger partial charge on any atom is -0.347 e. The number of hydrogen-bond acceptors (Lipinski definition) is 5. The molecule has 1 saturated heterocycles. The van der Waals surface area contributed by atoms with Gasteiger partial charge in [-0.1, -0.05) is 6.07 Å². The quantitative estimate of drug-likeness (QED) is 0.533. The van der Waals surface area contributed by atoms with E-state index in [1.165, 1.54) is 29.2 Å². The fourth-order valence-corrected chi connectivity index (χ4v) is 6.14. The van der Waals surface area contributed by atoms with E-state index >= 15 is 0 Å². The number of sulfone groups is 1. The van der Waals surface area contributed by atoms with Crippen molar-refractivity contribution in [1.82, 2.24) is 10.2 Å². The van der Waals surface area contributed by atoms with Crippen molar-refractivity contribution in [2.75, 3.05) is 6.26 Å². The lowest BCUT2D eigenvalue weighted by Crippen LogP contribution is -2.50. The lowest BCUT2D eigenvalue weighted by Gasteiger charge is -2.36. The molecule has 2 amide bonds. The molecule has 1 heterocycles. The van der Waals surface area contributed by atoms with E-state index in [0.29, 0.717) is 12.5 Å². The number of carbonyl (C=O) groups excluding carboxylic acids is 3. The molecule has 4 atom stereocenters. The van der Waals surface area contributed by atoms with E-state index in [1.807, 2.05) is 0 Å². The number of hydrogen-bond donors (Lipinski definition) is 1. The molecule has 0 spiro atoms. The molecule has 208 valence electrons. The van der Waals surface area contributed by atoms with Gasteiger partial charge in [-0.25, -0.2) is 17.2 Å². The number of benzene rings is 2. The van der Waals surface area contributed by atoms with Gasteiger partial charge >= 0.3 is 6.18 Å². The highest BCUT2D eigenvalue weighted by molar-refractivity contribution is 7.90. The predicted octanol–water partition coefficient (Wildman–Crippen LogP) is 3.83. The Hall–Kier alpha value is -3.35. The largest absolute Gasteiger partial charge is 0.419 e. The van der Waals surface area contributed by atoms with Crippen molar-refractivity contribution >= 4 is 27.4 Å². The number of carbonyl (C=O) groups is 3. The molecule has 5 rings (SSSR count). The Bertz CT molecular complexity index is 1480. The normalized spacial score (nSPS) is 23.7. The van der Waals surface area contributed by atoms with Gasteiger partial charge in [-0.2, -0.15) is 13.2 Å². The van der Waals surface area contributed by atoms with Crippen LogP contribution < -0.4 is 5.32 Å². The highest BCUT2D eigenvalue weighted by Gasteiger charge is 2.56. The summed E-state index contributed by atoms with van der Waals surface area (Å²) in [7, 11) is -3.61. The molecule has 0 bridgehead atoms. The molecule has 3 fully saturated rings. The first kappa shape index (κ1) is 27.2. The summed E-state index contributed by atoms with van der Waals surface area (Å²) in [5.41, 5.74) is -2.25. The summed E-state index contributed by atoms with van der Waals surface area (Å²) in [6.07, 6.45) is -3.38. The summed E-state index contributed by atoms with van der Waals surface area (Å²) >= 11 is 0. The number of nitrogens with zero attached hydrogens (tertiary/aromatic N) is 1. The number of alkyl halides is 3. The number of halogens is 5. The van der Waals surface area contributed by atoms with Crippen molar-refractivity contribution < 1.29 is 44.8 Å². The van der Waals surface area contributed by atoms with Crippen LogP contribution >= 0.6 is 0 Å². The molecule has 13 heteroatoms. The van der Waals surface area contributed by atoms with Gasteiger partial charge in [0, 0.05) is 36.3 Å². The Kier molecular flexibility index (Phi) is 6.55. The van der Waals surface area contributed by atoms with E-state index in [9.17, 15) is 44.8 Å². The molecule has 2 aromatic rings. The fourth-order valence-electron chi connectivity index (χ4n) is 5.47. The smallest absolute Gasteiger partial charge is 0.347 e. The van der Waals surface area contributed by atoms with Crippen molar-refractivity contribution in [3.63, 3.8) is 0 Å². The number of ketones is 1. The van der Waals surface area contributed by atoms with E-state index in [2.05, 4.69) is 5.32 Å². The van der Waals surface area contributed by atoms with Crippen LogP contribution in [0.1, 0.15) is 53.2 Å². The number of rotatable bonds is 6. The van der Waals surface area contributed by atoms with Crippen molar-refractivity contribution in [1.29, 1.82) is 0 Å². The Balaban J connectivity index is 1.43. The molecule has 1 N–H and O–H groups in total. The van der Waals surface area contributed by atoms with Crippen LogP contribution in [0.5, 0.6) is 0 Å². The monoisotopic (exact) mass is 570 g/mol. The van der Waals surface area contributed by atoms with Gasteiger partial charge in [-0.15, -0.1) is 0 Å². The van der Waals surface area contributed by atoms with Gasteiger partial charge in [0.15, 0.2) is 9.84 Å². The maximum absolute atomic E-state index is 14.9. The Morgan fingerprint density at radius 3 is 2.36 bits per heavy atom. The molecule has 2 aliphatic carbocycles. The van der Waals surface area contributed by atoms with Crippen LogP contribution in [0.2, 0.25) is 0 Å². The van der Waals surface area contributed by atoms with Gasteiger partial charge in [0.05, 0.1) is 16.5 Å². The van der Waals surface area contributed by atoms with E-state index in [-0.39, 0.29) is 53.5 Å². The van der Waals surface area contributed by atoms with Gasteiger partial charge in [-0.3, -0.25) is 14.4 Å². The van der Waals surface area contributed by atoms with Crippen LogP contribution in [-0.2, 0) is 25.6 Å².